The lowest BCUT2D eigenvalue weighted by Crippen LogP contribution is -2.71. The van der Waals surface area contributed by atoms with Crippen LogP contribution in [0.3, 0.4) is 0 Å². The minimum Gasteiger partial charge on any atom is -0.395 e. The van der Waals surface area contributed by atoms with E-state index in [1.54, 1.807) is 0 Å². The summed E-state index contributed by atoms with van der Waals surface area (Å²) in [5.41, 5.74) is 6.82. The molecule has 2 bridgehead atoms. The Morgan fingerprint density at radius 3 is 2.08 bits per heavy atom. The zero-order valence-corrected chi connectivity index (χ0v) is 8.01. The van der Waals surface area contributed by atoms with Crippen LogP contribution in [0.25, 0.3) is 0 Å². The maximum atomic E-state index is 8.96. The van der Waals surface area contributed by atoms with Gasteiger partial charge in [0.15, 0.2) is 0 Å². The fourth-order valence-corrected chi connectivity index (χ4v) is 3.15. The van der Waals surface area contributed by atoms with Crippen molar-refractivity contribution in [1.82, 2.24) is 0 Å². The third-order valence-electron chi connectivity index (χ3n) is 4.32. The molecule has 0 amide bonds. The highest BCUT2D eigenvalue weighted by atomic mass is 16.3. The number of nitrogens with two attached hydrogens (primary N) is 1. The lowest BCUT2D eigenvalue weighted by atomic mass is 9.31. The van der Waals surface area contributed by atoms with Crippen LogP contribution in [0, 0.1) is 16.7 Å². The predicted octanol–water partition coefficient (Wildman–Crippen LogP) is 1.13. The van der Waals surface area contributed by atoms with Gasteiger partial charge >= 0.3 is 0 Å². The molecule has 1 atom stereocenters. The maximum absolute atomic E-state index is 8.96. The van der Waals surface area contributed by atoms with E-state index in [1.165, 1.54) is 19.3 Å². The Hall–Kier alpha value is -0.0800. The van der Waals surface area contributed by atoms with Crippen LogP contribution in [0.4, 0.5) is 0 Å². The Morgan fingerprint density at radius 2 is 1.75 bits per heavy atom. The van der Waals surface area contributed by atoms with Crippen molar-refractivity contribution in [2.75, 3.05) is 6.61 Å². The van der Waals surface area contributed by atoms with Crippen molar-refractivity contribution in [2.24, 2.45) is 22.5 Å². The van der Waals surface area contributed by atoms with Gasteiger partial charge in [-0.2, -0.15) is 0 Å². The maximum Gasteiger partial charge on any atom is 0.0587 e. The van der Waals surface area contributed by atoms with Crippen molar-refractivity contribution >= 4 is 0 Å². The highest BCUT2D eigenvalue weighted by Gasteiger charge is 2.70. The molecule has 70 valence electrons. The topological polar surface area (TPSA) is 46.2 Å². The van der Waals surface area contributed by atoms with E-state index >= 15 is 0 Å². The Kier molecular flexibility index (Phi) is 1.59. The van der Waals surface area contributed by atoms with Gasteiger partial charge in [0.05, 0.1) is 6.61 Å². The van der Waals surface area contributed by atoms with Crippen LogP contribution >= 0.6 is 0 Å². The van der Waals surface area contributed by atoms with Crippen molar-refractivity contribution < 1.29 is 5.11 Å². The molecular formula is C10H19NO. The van der Waals surface area contributed by atoms with Gasteiger partial charge in [0, 0.05) is 6.04 Å². The normalized spacial score (nSPS) is 46.8. The molecule has 2 nitrogen and oxygen atoms in total. The predicted molar refractivity (Wildman–Crippen MR) is 48.6 cm³/mol. The minimum absolute atomic E-state index is 0.0399. The van der Waals surface area contributed by atoms with Gasteiger partial charge in [-0.3, -0.25) is 0 Å². The van der Waals surface area contributed by atoms with Crippen LogP contribution in [0.5, 0.6) is 0 Å². The van der Waals surface area contributed by atoms with Gasteiger partial charge in [-0.1, -0.05) is 13.8 Å². The van der Waals surface area contributed by atoms with Crippen molar-refractivity contribution in [3.63, 3.8) is 0 Å². The van der Waals surface area contributed by atoms with Crippen molar-refractivity contribution in [3.8, 4) is 0 Å². The molecule has 0 aromatic rings. The van der Waals surface area contributed by atoms with Crippen LogP contribution in [0.2, 0.25) is 0 Å². The third-order valence-corrected chi connectivity index (χ3v) is 4.32. The van der Waals surface area contributed by atoms with E-state index in [4.69, 9.17) is 10.8 Å². The number of hydrogen-bond donors (Lipinski definition) is 2. The monoisotopic (exact) mass is 169 g/mol. The number of rotatable bonds is 3. The van der Waals surface area contributed by atoms with Crippen LogP contribution in [0.15, 0.2) is 0 Å². The number of aliphatic hydroxyl groups is 1. The number of hydrogen-bond acceptors (Lipinski definition) is 2. The van der Waals surface area contributed by atoms with Crippen molar-refractivity contribution in [3.05, 3.63) is 0 Å². The van der Waals surface area contributed by atoms with Gasteiger partial charge in [0.2, 0.25) is 0 Å². The van der Waals surface area contributed by atoms with E-state index in [9.17, 15) is 0 Å². The third kappa shape index (κ3) is 0.775. The van der Waals surface area contributed by atoms with Crippen LogP contribution in [-0.4, -0.2) is 17.8 Å². The summed E-state index contributed by atoms with van der Waals surface area (Å²) in [6.07, 6.45) is 3.79. The molecule has 0 unspecified atom stereocenters. The molecule has 0 radical (unpaired) electrons. The molecule has 0 aliphatic heterocycles. The second-order valence-electron chi connectivity index (χ2n) is 5.20. The molecule has 3 rings (SSSR count). The average molecular weight is 169 g/mol. The fraction of sp³-hybridized carbons (Fsp3) is 1.00. The molecule has 3 aliphatic rings. The number of aliphatic hydroxyl groups excluding tert-OH is 1. The first-order chi connectivity index (χ1) is 5.55. The lowest BCUT2D eigenvalue weighted by Gasteiger charge is -2.74. The van der Waals surface area contributed by atoms with Crippen molar-refractivity contribution in [1.29, 1.82) is 0 Å². The largest absolute Gasteiger partial charge is 0.395 e. The average Bonchev–Trinajstić information content (AvgIpc) is 1.80. The second-order valence-corrected chi connectivity index (χ2v) is 5.20. The summed E-state index contributed by atoms with van der Waals surface area (Å²) >= 11 is 0. The molecule has 0 saturated heterocycles. The van der Waals surface area contributed by atoms with E-state index in [1.807, 2.05) is 0 Å². The standard InChI is InChI=1S/C10H19NO/c1-7(2)9-4-10(5-9,6-9)8(11)3-12/h7-8,12H,3-6,11H2,1-2H3/t8-,9?,10?/m0/s1. The van der Waals surface area contributed by atoms with Gasteiger partial charge in [-0.05, 0) is 36.0 Å². The smallest absolute Gasteiger partial charge is 0.0587 e. The molecule has 12 heavy (non-hydrogen) atoms. The first-order valence-electron chi connectivity index (χ1n) is 4.91. The van der Waals surface area contributed by atoms with Gasteiger partial charge in [-0.15, -0.1) is 0 Å². The fourth-order valence-electron chi connectivity index (χ4n) is 3.15. The molecule has 3 aliphatic carbocycles. The van der Waals surface area contributed by atoms with Gasteiger partial charge in [0.1, 0.15) is 0 Å². The highest BCUT2D eigenvalue weighted by Crippen LogP contribution is 2.76. The molecular weight excluding hydrogens is 150 g/mol. The van der Waals surface area contributed by atoms with Crippen molar-refractivity contribution in [2.45, 2.75) is 39.2 Å². The van der Waals surface area contributed by atoms with Gasteiger partial charge in [-0.25, -0.2) is 0 Å². The molecule has 3 saturated carbocycles. The Balaban J connectivity index is 1.95. The summed E-state index contributed by atoms with van der Waals surface area (Å²) in [4.78, 5) is 0. The van der Waals surface area contributed by atoms with Crippen LogP contribution in [0.1, 0.15) is 33.1 Å². The zero-order valence-electron chi connectivity index (χ0n) is 8.01. The Morgan fingerprint density at radius 1 is 1.25 bits per heavy atom. The minimum atomic E-state index is 0.0399. The van der Waals surface area contributed by atoms with Crippen LogP contribution in [-0.2, 0) is 0 Å². The summed E-state index contributed by atoms with van der Waals surface area (Å²) < 4.78 is 0. The molecule has 0 aromatic carbocycles. The quantitative estimate of drug-likeness (QED) is 0.665. The van der Waals surface area contributed by atoms with Gasteiger partial charge < -0.3 is 10.8 Å². The molecule has 3 N–H and O–H groups in total. The SMILES string of the molecule is CC(C)C12CC([C@@H](N)CO)(C1)C2. The second kappa shape index (κ2) is 2.24. The first kappa shape index (κ1) is 8.52. The van der Waals surface area contributed by atoms with E-state index in [2.05, 4.69) is 13.8 Å². The summed E-state index contributed by atoms with van der Waals surface area (Å²) in [5.74, 6) is 0.797. The van der Waals surface area contributed by atoms with E-state index < -0.39 is 0 Å². The molecule has 0 spiro atoms. The Labute approximate surface area is 74.1 Å². The lowest BCUT2D eigenvalue weighted by molar-refractivity contribution is -0.244. The zero-order chi connectivity index (χ0) is 8.98. The first-order valence-corrected chi connectivity index (χ1v) is 4.91. The molecule has 3 fully saturated rings. The van der Waals surface area contributed by atoms with E-state index in [0.717, 1.165) is 5.92 Å². The summed E-state index contributed by atoms with van der Waals surface area (Å²) in [6, 6.07) is 0.0399. The summed E-state index contributed by atoms with van der Waals surface area (Å²) in [5, 5.41) is 8.96. The highest BCUT2D eigenvalue weighted by molar-refractivity contribution is 5.21. The van der Waals surface area contributed by atoms with Gasteiger partial charge in [0.25, 0.3) is 0 Å². The Bertz CT molecular complexity index is 180. The van der Waals surface area contributed by atoms with Crippen LogP contribution < -0.4 is 5.73 Å². The van der Waals surface area contributed by atoms with E-state index in [-0.39, 0.29) is 12.6 Å². The summed E-state index contributed by atoms with van der Waals surface area (Å²) in [6.45, 7) is 4.76. The molecule has 2 heteroatoms. The van der Waals surface area contributed by atoms with E-state index in [0.29, 0.717) is 10.8 Å². The molecule has 0 heterocycles. The molecule has 0 aromatic heterocycles. The summed E-state index contributed by atoms with van der Waals surface area (Å²) in [7, 11) is 0.